The predicted molar refractivity (Wildman–Crippen MR) is 82.5 cm³/mol. The molecule has 118 valence electrons. The second-order valence-electron chi connectivity index (χ2n) is 6.22. The number of hydrogen-bond acceptors (Lipinski definition) is 3. The molecule has 0 aliphatic heterocycles. The molecule has 2 aliphatic carbocycles. The van der Waals surface area contributed by atoms with Crippen molar-refractivity contribution < 1.29 is 8.42 Å². The Balaban J connectivity index is 1.69. The smallest absolute Gasteiger partial charge is 0.244 e. The Hall–Kier alpha value is -0.850. The first-order valence-electron chi connectivity index (χ1n) is 8.04. The van der Waals surface area contributed by atoms with Gasteiger partial charge in [0.2, 0.25) is 10.0 Å². The second-order valence-corrected chi connectivity index (χ2v) is 8.11. The molecule has 0 saturated heterocycles. The first kappa shape index (κ1) is 15.1. The quantitative estimate of drug-likeness (QED) is 0.735. The van der Waals surface area contributed by atoms with E-state index in [9.17, 15) is 8.42 Å². The van der Waals surface area contributed by atoms with E-state index >= 15 is 0 Å². The summed E-state index contributed by atoms with van der Waals surface area (Å²) in [4.78, 5) is 3.51. The fraction of sp³-hybridized carbons (Fsp3) is 0.733. The summed E-state index contributed by atoms with van der Waals surface area (Å²) in [7, 11) is -3.34. The van der Waals surface area contributed by atoms with Gasteiger partial charge >= 0.3 is 0 Å². The summed E-state index contributed by atoms with van der Waals surface area (Å²) in [5.74, 6) is 0. The van der Waals surface area contributed by atoms with Gasteiger partial charge in [-0.25, -0.2) is 8.42 Å². The third-order valence-electron chi connectivity index (χ3n) is 4.17. The number of aromatic nitrogens is 1. The van der Waals surface area contributed by atoms with E-state index < -0.39 is 10.0 Å². The molecule has 1 aromatic heterocycles. The summed E-state index contributed by atoms with van der Waals surface area (Å²) in [6, 6.07) is 2.64. The first-order valence-corrected chi connectivity index (χ1v) is 9.48. The molecule has 1 aromatic rings. The molecule has 0 atom stereocenters. The molecule has 2 aliphatic rings. The van der Waals surface area contributed by atoms with Gasteiger partial charge in [-0.1, -0.05) is 13.3 Å². The van der Waals surface area contributed by atoms with E-state index in [-0.39, 0.29) is 6.04 Å². The zero-order valence-corrected chi connectivity index (χ0v) is 13.5. The van der Waals surface area contributed by atoms with Gasteiger partial charge in [0.15, 0.2) is 0 Å². The molecule has 5 nitrogen and oxygen atoms in total. The average molecular weight is 311 g/mol. The number of unbranched alkanes of at least 4 members (excludes halogenated alkanes) is 1. The molecule has 21 heavy (non-hydrogen) atoms. The molecule has 0 aromatic carbocycles. The van der Waals surface area contributed by atoms with Crippen molar-refractivity contribution in [3.63, 3.8) is 0 Å². The third-order valence-corrected chi connectivity index (χ3v) is 6.10. The highest BCUT2D eigenvalue weighted by Crippen LogP contribution is 2.32. The van der Waals surface area contributed by atoms with Crippen LogP contribution in [0, 0.1) is 0 Å². The number of nitrogens with zero attached hydrogens (tertiary/aromatic N) is 1. The Kier molecular flexibility index (Phi) is 4.38. The minimum Gasteiger partial charge on any atom is -0.363 e. The van der Waals surface area contributed by atoms with Crippen molar-refractivity contribution in [1.29, 1.82) is 0 Å². The fourth-order valence-corrected chi connectivity index (χ4v) is 4.27. The Morgan fingerprint density at radius 3 is 2.71 bits per heavy atom. The molecule has 0 spiro atoms. The maximum atomic E-state index is 12.8. The molecule has 2 saturated carbocycles. The van der Waals surface area contributed by atoms with Crippen molar-refractivity contribution in [2.24, 2.45) is 0 Å². The fourth-order valence-electron chi connectivity index (χ4n) is 2.52. The van der Waals surface area contributed by atoms with E-state index in [4.69, 9.17) is 0 Å². The van der Waals surface area contributed by atoms with Gasteiger partial charge in [0.05, 0.1) is 4.90 Å². The van der Waals surface area contributed by atoms with Crippen molar-refractivity contribution in [3.8, 4) is 0 Å². The largest absolute Gasteiger partial charge is 0.363 e. The number of aromatic amines is 1. The summed E-state index contributed by atoms with van der Waals surface area (Å²) in [6.07, 6.45) is 8.06. The molecule has 3 rings (SSSR count). The minimum atomic E-state index is -3.34. The Morgan fingerprint density at radius 2 is 2.10 bits per heavy atom. The van der Waals surface area contributed by atoms with Crippen molar-refractivity contribution in [2.75, 3.05) is 6.54 Å². The van der Waals surface area contributed by atoms with Gasteiger partial charge < -0.3 is 10.3 Å². The second kappa shape index (κ2) is 6.10. The molecular weight excluding hydrogens is 286 g/mol. The zero-order chi connectivity index (χ0) is 14.9. The lowest BCUT2D eigenvalue weighted by Gasteiger charge is -2.20. The molecule has 0 unspecified atom stereocenters. The van der Waals surface area contributed by atoms with E-state index in [2.05, 4.69) is 17.2 Å². The molecule has 0 bridgehead atoms. The maximum Gasteiger partial charge on any atom is 0.244 e. The Labute approximate surface area is 127 Å². The van der Waals surface area contributed by atoms with Gasteiger partial charge in [0, 0.05) is 37.1 Å². The highest BCUT2D eigenvalue weighted by molar-refractivity contribution is 7.89. The molecule has 0 amide bonds. The van der Waals surface area contributed by atoms with Crippen LogP contribution < -0.4 is 5.32 Å². The van der Waals surface area contributed by atoms with Crippen molar-refractivity contribution >= 4 is 10.0 Å². The maximum absolute atomic E-state index is 12.8. The molecular formula is C15H25N3O2S. The van der Waals surface area contributed by atoms with E-state index in [0.717, 1.165) is 37.9 Å². The number of rotatable bonds is 9. The molecule has 0 radical (unpaired) electrons. The molecule has 2 N–H and O–H groups in total. The monoisotopic (exact) mass is 311 g/mol. The number of nitrogens with one attached hydrogen (secondary N) is 2. The highest BCUT2D eigenvalue weighted by atomic mass is 32.2. The van der Waals surface area contributed by atoms with Crippen LogP contribution in [0.5, 0.6) is 0 Å². The average Bonchev–Trinajstić information content (AvgIpc) is 3.37. The number of hydrogen-bond donors (Lipinski definition) is 2. The first-order chi connectivity index (χ1) is 10.1. The van der Waals surface area contributed by atoms with E-state index in [1.165, 1.54) is 12.8 Å². The van der Waals surface area contributed by atoms with Crippen molar-refractivity contribution in [2.45, 2.75) is 69.0 Å². The van der Waals surface area contributed by atoms with Crippen LogP contribution in [0.4, 0.5) is 0 Å². The molecule has 6 heteroatoms. The molecule has 1 heterocycles. The summed E-state index contributed by atoms with van der Waals surface area (Å²) < 4.78 is 27.2. The van der Waals surface area contributed by atoms with E-state index in [1.807, 2.05) is 0 Å². The van der Waals surface area contributed by atoms with Gasteiger partial charge in [-0.15, -0.1) is 0 Å². The van der Waals surface area contributed by atoms with Gasteiger partial charge in [-0.05, 0) is 38.2 Å². The Morgan fingerprint density at radius 1 is 1.33 bits per heavy atom. The van der Waals surface area contributed by atoms with Crippen LogP contribution in [0.1, 0.15) is 51.1 Å². The normalized spacial score (nSPS) is 19.3. The van der Waals surface area contributed by atoms with Crippen LogP contribution in [0.2, 0.25) is 0 Å². The van der Waals surface area contributed by atoms with Gasteiger partial charge in [0.25, 0.3) is 0 Å². The molecule has 2 fully saturated rings. The summed E-state index contributed by atoms with van der Waals surface area (Å²) in [6.45, 7) is 3.46. The van der Waals surface area contributed by atoms with Gasteiger partial charge in [-0.3, -0.25) is 0 Å². The lowest BCUT2D eigenvalue weighted by Crippen LogP contribution is -2.33. The van der Waals surface area contributed by atoms with Crippen LogP contribution in [-0.4, -0.2) is 36.3 Å². The topological polar surface area (TPSA) is 65.2 Å². The van der Waals surface area contributed by atoms with Crippen LogP contribution in [0.3, 0.4) is 0 Å². The summed E-state index contributed by atoms with van der Waals surface area (Å²) in [5.41, 5.74) is 0.951. The van der Waals surface area contributed by atoms with E-state index in [1.54, 1.807) is 16.6 Å². The lowest BCUT2D eigenvalue weighted by atomic mass is 10.3. The Bertz CT molecular complexity index is 573. The lowest BCUT2D eigenvalue weighted by molar-refractivity contribution is 0.396. The highest BCUT2D eigenvalue weighted by Gasteiger charge is 2.37. The van der Waals surface area contributed by atoms with Crippen molar-refractivity contribution in [1.82, 2.24) is 14.6 Å². The van der Waals surface area contributed by atoms with Crippen LogP contribution >= 0.6 is 0 Å². The van der Waals surface area contributed by atoms with Crippen LogP contribution in [0.25, 0.3) is 0 Å². The van der Waals surface area contributed by atoms with Gasteiger partial charge in [-0.2, -0.15) is 4.31 Å². The summed E-state index contributed by atoms with van der Waals surface area (Å²) in [5, 5.41) is 3.40. The number of sulfonamides is 1. The van der Waals surface area contributed by atoms with Gasteiger partial charge in [0.1, 0.15) is 0 Å². The van der Waals surface area contributed by atoms with Crippen molar-refractivity contribution in [3.05, 3.63) is 18.0 Å². The van der Waals surface area contributed by atoms with Crippen LogP contribution in [-0.2, 0) is 16.6 Å². The summed E-state index contributed by atoms with van der Waals surface area (Å²) >= 11 is 0. The van der Waals surface area contributed by atoms with E-state index in [0.29, 0.717) is 17.5 Å². The predicted octanol–water partition coefficient (Wildman–Crippen LogP) is 2.22. The third kappa shape index (κ3) is 3.67. The zero-order valence-electron chi connectivity index (χ0n) is 12.6. The minimum absolute atomic E-state index is 0.226. The number of H-pyrrole nitrogens is 1. The SMILES string of the molecule is CCCCN(C1CC1)S(=O)(=O)c1c[nH]c(CNC2CC2)c1. The standard InChI is InChI=1S/C15H25N3O2S/c1-2-3-8-18(14-6-7-14)21(19,20)15-9-13(17-11-15)10-16-12-4-5-12/h9,11-12,14,16-17H,2-8,10H2,1H3. The van der Waals surface area contributed by atoms with Crippen LogP contribution in [0.15, 0.2) is 17.2 Å².